The van der Waals surface area contributed by atoms with Crippen molar-refractivity contribution in [3.05, 3.63) is 65.7 Å². The van der Waals surface area contributed by atoms with Crippen LogP contribution in [-0.2, 0) is 0 Å². The predicted octanol–water partition coefficient (Wildman–Crippen LogP) is 3.70. The van der Waals surface area contributed by atoms with Gasteiger partial charge in [-0.2, -0.15) is 5.10 Å². The van der Waals surface area contributed by atoms with Gasteiger partial charge in [0.25, 0.3) is 5.91 Å². The Bertz CT molecular complexity index is 1260. The molecule has 1 fully saturated rings. The molecular weight excluding hydrogens is 400 g/mol. The number of nitrogens with one attached hydrogen (secondary N) is 3. The van der Waals surface area contributed by atoms with E-state index >= 15 is 0 Å². The van der Waals surface area contributed by atoms with E-state index in [1.807, 2.05) is 35.8 Å². The van der Waals surface area contributed by atoms with Crippen molar-refractivity contribution in [1.82, 2.24) is 25.4 Å². The van der Waals surface area contributed by atoms with Crippen molar-refractivity contribution in [2.45, 2.75) is 31.6 Å². The average molecular weight is 423 g/mol. The number of piperidine rings is 1. The Morgan fingerprint density at radius 2 is 2.10 bits per heavy atom. The van der Waals surface area contributed by atoms with E-state index in [1.54, 1.807) is 18.3 Å². The fraction of sp³-hybridized carbons (Fsp3) is 0.304. The molecule has 1 amide bonds. The van der Waals surface area contributed by atoms with Crippen LogP contribution < -0.4 is 10.6 Å². The average Bonchev–Trinajstić information content (AvgIpc) is 3.38. The first-order valence-corrected chi connectivity index (χ1v) is 10.4. The third kappa shape index (κ3) is 3.37. The Hall–Kier alpha value is -3.26. The molecule has 0 aliphatic carbocycles. The van der Waals surface area contributed by atoms with Gasteiger partial charge in [-0.1, -0.05) is 24.3 Å². The minimum absolute atomic E-state index is 0.199. The standard InChI is InChI=1S/C23H23F2N5O/c1-13(22-14-5-2-3-7-18(14)28-29-22)30-12-15(21-16(24)6-4-8-20(21)30)23(31)27-19-9-10-26-11-17(19)25/h2-8,12-13,17,19,26H,9-11H2,1H3,(H,27,31)(H,28,29). The molecule has 0 bridgehead atoms. The number of carbonyl (C=O) groups excluding carboxylic acids is 1. The number of benzene rings is 2. The first-order valence-electron chi connectivity index (χ1n) is 10.4. The van der Waals surface area contributed by atoms with Crippen molar-refractivity contribution < 1.29 is 13.6 Å². The molecule has 4 aromatic rings. The van der Waals surface area contributed by atoms with Gasteiger partial charge in [0, 0.05) is 23.5 Å². The molecule has 3 N–H and O–H groups in total. The molecule has 5 rings (SSSR count). The highest BCUT2D eigenvalue weighted by molar-refractivity contribution is 6.07. The van der Waals surface area contributed by atoms with Crippen LogP contribution in [0.5, 0.6) is 0 Å². The van der Waals surface area contributed by atoms with Crippen LogP contribution in [0.3, 0.4) is 0 Å². The van der Waals surface area contributed by atoms with Gasteiger partial charge in [-0.3, -0.25) is 9.89 Å². The highest BCUT2D eigenvalue weighted by atomic mass is 19.1. The van der Waals surface area contributed by atoms with E-state index in [-0.39, 0.29) is 23.5 Å². The SMILES string of the molecule is CC(c1n[nH]c2ccccc12)n1cc(C(=O)NC2CCNCC2F)c2c(F)cccc21. The third-order valence-corrected chi connectivity index (χ3v) is 6.09. The molecule has 1 aliphatic rings. The quantitative estimate of drug-likeness (QED) is 0.469. The van der Waals surface area contributed by atoms with E-state index in [0.717, 1.165) is 16.6 Å². The summed E-state index contributed by atoms with van der Waals surface area (Å²) in [4.78, 5) is 13.1. The minimum Gasteiger partial charge on any atom is -0.346 e. The summed E-state index contributed by atoms with van der Waals surface area (Å²) < 4.78 is 30.9. The van der Waals surface area contributed by atoms with Crippen molar-refractivity contribution in [2.24, 2.45) is 0 Å². The molecule has 2 aromatic heterocycles. The van der Waals surface area contributed by atoms with E-state index in [0.29, 0.717) is 18.5 Å². The number of nitrogens with zero attached hydrogens (tertiary/aromatic N) is 2. The molecule has 0 saturated carbocycles. The van der Waals surface area contributed by atoms with E-state index in [1.165, 1.54) is 6.07 Å². The lowest BCUT2D eigenvalue weighted by Gasteiger charge is -2.27. The van der Waals surface area contributed by atoms with Crippen LogP contribution in [0, 0.1) is 5.82 Å². The number of rotatable bonds is 4. The second-order valence-electron chi connectivity index (χ2n) is 8.00. The van der Waals surface area contributed by atoms with Gasteiger partial charge in [-0.25, -0.2) is 8.78 Å². The maximum absolute atomic E-state index is 14.8. The maximum atomic E-state index is 14.8. The summed E-state index contributed by atoms with van der Waals surface area (Å²) in [6, 6.07) is 11.7. The van der Waals surface area contributed by atoms with Gasteiger partial charge >= 0.3 is 0 Å². The molecule has 1 aliphatic heterocycles. The van der Waals surface area contributed by atoms with E-state index in [9.17, 15) is 13.6 Å². The third-order valence-electron chi connectivity index (χ3n) is 6.09. The first kappa shape index (κ1) is 19.7. The lowest BCUT2D eigenvalue weighted by Crippen LogP contribution is -2.50. The Kier molecular flexibility index (Phi) is 4.94. The summed E-state index contributed by atoms with van der Waals surface area (Å²) in [5.41, 5.74) is 2.49. The number of fused-ring (bicyclic) bond motifs is 2. The van der Waals surface area contributed by atoms with Crippen molar-refractivity contribution in [3.8, 4) is 0 Å². The summed E-state index contributed by atoms with van der Waals surface area (Å²) in [7, 11) is 0. The van der Waals surface area contributed by atoms with Gasteiger partial charge in [-0.15, -0.1) is 0 Å². The number of halogens is 2. The minimum atomic E-state index is -1.18. The lowest BCUT2D eigenvalue weighted by atomic mass is 10.0. The number of aromatic nitrogens is 3. The predicted molar refractivity (Wildman–Crippen MR) is 115 cm³/mol. The lowest BCUT2D eigenvalue weighted by molar-refractivity contribution is 0.0893. The van der Waals surface area contributed by atoms with Crippen LogP contribution in [0.25, 0.3) is 21.8 Å². The van der Waals surface area contributed by atoms with Gasteiger partial charge in [-0.05, 0) is 38.1 Å². The van der Waals surface area contributed by atoms with Crippen LogP contribution in [0.1, 0.15) is 35.4 Å². The smallest absolute Gasteiger partial charge is 0.253 e. The normalized spacial score (nSPS) is 20.2. The number of alkyl halides is 1. The second kappa shape index (κ2) is 7.77. The van der Waals surface area contributed by atoms with Crippen LogP contribution in [0.4, 0.5) is 8.78 Å². The molecule has 3 atom stereocenters. The number of carbonyl (C=O) groups is 1. The zero-order chi connectivity index (χ0) is 21.5. The van der Waals surface area contributed by atoms with Crippen LogP contribution in [0.2, 0.25) is 0 Å². The number of aromatic amines is 1. The fourth-order valence-corrected chi connectivity index (χ4v) is 4.42. The zero-order valence-corrected chi connectivity index (χ0v) is 17.0. The van der Waals surface area contributed by atoms with Crippen molar-refractivity contribution in [2.75, 3.05) is 13.1 Å². The topological polar surface area (TPSA) is 74.7 Å². The second-order valence-corrected chi connectivity index (χ2v) is 8.00. The van der Waals surface area contributed by atoms with Crippen molar-refractivity contribution in [3.63, 3.8) is 0 Å². The van der Waals surface area contributed by atoms with Gasteiger partial charge in [0.1, 0.15) is 12.0 Å². The highest BCUT2D eigenvalue weighted by Crippen LogP contribution is 2.32. The van der Waals surface area contributed by atoms with E-state index < -0.39 is 23.9 Å². The number of H-pyrrole nitrogens is 1. The van der Waals surface area contributed by atoms with Crippen molar-refractivity contribution >= 4 is 27.7 Å². The monoisotopic (exact) mass is 423 g/mol. The molecular formula is C23H23F2N5O. The van der Waals surface area contributed by atoms with Gasteiger partial charge in [0.05, 0.1) is 34.4 Å². The van der Waals surface area contributed by atoms with Gasteiger partial charge in [0.2, 0.25) is 0 Å². The molecule has 160 valence electrons. The Labute approximate surface area is 177 Å². The molecule has 0 spiro atoms. The summed E-state index contributed by atoms with van der Waals surface area (Å²) in [6.07, 6.45) is 0.958. The maximum Gasteiger partial charge on any atom is 0.253 e. The van der Waals surface area contributed by atoms with Crippen molar-refractivity contribution in [1.29, 1.82) is 0 Å². The number of hydrogen-bond donors (Lipinski definition) is 3. The number of para-hydroxylation sites is 1. The summed E-state index contributed by atoms with van der Waals surface area (Å²) in [5, 5.41) is 14.4. The van der Waals surface area contributed by atoms with Crippen LogP contribution >= 0.6 is 0 Å². The molecule has 3 heterocycles. The van der Waals surface area contributed by atoms with Crippen LogP contribution in [0.15, 0.2) is 48.7 Å². The highest BCUT2D eigenvalue weighted by Gasteiger charge is 2.29. The molecule has 0 radical (unpaired) electrons. The fourth-order valence-electron chi connectivity index (χ4n) is 4.42. The molecule has 3 unspecified atom stereocenters. The Balaban J connectivity index is 1.57. The summed E-state index contributed by atoms with van der Waals surface area (Å²) >= 11 is 0. The molecule has 31 heavy (non-hydrogen) atoms. The largest absolute Gasteiger partial charge is 0.346 e. The Morgan fingerprint density at radius 3 is 2.94 bits per heavy atom. The summed E-state index contributed by atoms with van der Waals surface area (Å²) in [6.45, 7) is 2.79. The summed E-state index contributed by atoms with van der Waals surface area (Å²) in [5.74, 6) is -0.954. The Morgan fingerprint density at radius 1 is 1.26 bits per heavy atom. The zero-order valence-electron chi connectivity index (χ0n) is 17.0. The molecule has 6 nitrogen and oxygen atoms in total. The van der Waals surface area contributed by atoms with Gasteiger partial charge < -0.3 is 15.2 Å². The number of amides is 1. The van der Waals surface area contributed by atoms with Crippen LogP contribution in [-0.4, -0.2) is 46.0 Å². The molecule has 8 heteroatoms. The van der Waals surface area contributed by atoms with E-state index in [2.05, 4.69) is 20.8 Å². The number of hydrogen-bond acceptors (Lipinski definition) is 3. The molecule has 2 aromatic carbocycles. The van der Waals surface area contributed by atoms with E-state index in [4.69, 9.17) is 0 Å². The first-order chi connectivity index (χ1) is 15.0. The van der Waals surface area contributed by atoms with Gasteiger partial charge in [0.15, 0.2) is 0 Å². The molecule has 1 saturated heterocycles.